The van der Waals surface area contributed by atoms with E-state index in [0.717, 1.165) is 12.1 Å². The summed E-state index contributed by atoms with van der Waals surface area (Å²) in [4.78, 5) is 0. The first-order valence-electron chi connectivity index (χ1n) is 5.68. The van der Waals surface area contributed by atoms with Gasteiger partial charge in [-0.05, 0) is 40.2 Å². The maximum Gasteiger partial charge on any atom is 0.138 e. The van der Waals surface area contributed by atoms with Gasteiger partial charge in [-0.1, -0.05) is 17.7 Å². The highest BCUT2D eigenvalue weighted by molar-refractivity contribution is 9.10. The Morgan fingerprint density at radius 1 is 1.25 bits per heavy atom. The van der Waals surface area contributed by atoms with Gasteiger partial charge < -0.3 is 10.5 Å². The minimum absolute atomic E-state index is 0.222. The van der Waals surface area contributed by atoms with Gasteiger partial charge in [0.25, 0.3) is 0 Å². The molecule has 2 aromatic carbocycles. The Hall–Kier alpha value is -1.17. The average Bonchev–Trinajstić information content (AvgIpc) is 2.37. The minimum Gasteiger partial charge on any atom is -0.495 e. The van der Waals surface area contributed by atoms with Crippen LogP contribution in [0.4, 0.5) is 8.78 Å². The number of hydrogen-bond acceptors (Lipinski definition) is 2. The van der Waals surface area contributed by atoms with E-state index in [0.29, 0.717) is 20.8 Å². The zero-order valence-corrected chi connectivity index (χ0v) is 12.8. The van der Waals surface area contributed by atoms with Gasteiger partial charge in [0.1, 0.15) is 17.4 Å². The third-order valence-corrected chi connectivity index (χ3v) is 3.69. The maximum absolute atomic E-state index is 13.8. The lowest BCUT2D eigenvalue weighted by molar-refractivity contribution is 0.404. The molecule has 0 aromatic heterocycles. The van der Waals surface area contributed by atoms with Crippen LogP contribution in [0.15, 0.2) is 34.8 Å². The number of nitrogens with two attached hydrogens (primary N) is 1. The molecule has 0 radical (unpaired) electrons. The van der Waals surface area contributed by atoms with E-state index < -0.39 is 17.7 Å². The van der Waals surface area contributed by atoms with Crippen molar-refractivity contribution in [2.24, 2.45) is 5.73 Å². The summed E-state index contributed by atoms with van der Waals surface area (Å²) in [5.41, 5.74) is 6.17. The summed E-state index contributed by atoms with van der Waals surface area (Å²) in [6.07, 6.45) is 0. The molecule has 2 rings (SSSR count). The van der Waals surface area contributed by atoms with Crippen LogP contribution < -0.4 is 10.5 Å². The molecule has 106 valence electrons. The Labute approximate surface area is 128 Å². The van der Waals surface area contributed by atoms with Crippen LogP contribution in [0, 0.1) is 11.6 Å². The third kappa shape index (κ3) is 2.80. The molecule has 6 heteroatoms. The fourth-order valence-corrected chi connectivity index (χ4v) is 2.99. The molecular weight excluding hydrogens is 352 g/mol. The Kier molecular flexibility index (Phi) is 4.62. The van der Waals surface area contributed by atoms with Crippen molar-refractivity contribution >= 4 is 27.5 Å². The summed E-state index contributed by atoms with van der Waals surface area (Å²) < 4.78 is 33.4. The molecule has 0 aliphatic carbocycles. The highest BCUT2D eigenvalue weighted by Crippen LogP contribution is 2.38. The van der Waals surface area contributed by atoms with Crippen molar-refractivity contribution in [2.45, 2.75) is 6.04 Å². The summed E-state index contributed by atoms with van der Waals surface area (Å²) in [5.74, 6) is -1.03. The van der Waals surface area contributed by atoms with Gasteiger partial charge in [0.15, 0.2) is 0 Å². The Bertz CT molecular complexity index is 631. The second-order valence-corrected chi connectivity index (χ2v) is 5.41. The summed E-state index contributed by atoms with van der Waals surface area (Å²) in [7, 11) is 1.45. The van der Waals surface area contributed by atoms with Crippen LogP contribution in [-0.2, 0) is 0 Å². The quantitative estimate of drug-likeness (QED) is 0.876. The first-order chi connectivity index (χ1) is 9.45. The van der Waals surface area contributed by atoms with E-state index in [2.05, 4.69) is 15.9 Å². The van der Waals surface area contributed by atoms with Crippen LogP contribution in [-0.4, -0.2) is 7.11 Å². The zero-order valence-electron chi connectivity index (χ0n) is 10.5. The molecule has 2 N–H and O–H groups in total. The largest absolute Gasteiger partial charge is 0.495 e. The lowest BCUT2D eigenvalue weighted by Gasteiger charge is -2.18. The van der Waals surface area contributed by atoms with E-state index >= 15 is 0 Å². The van der Waals surface area contributed by atoms with Crippen LogP contribution in [0.3, 0.4) is 0 Å². The van der Waals surface area contributed by atoms with Gasteiger partial charge in [0.05, 0.1) is 17.6 Å². The van der Waals surface area contributed by atoms with Crippen molar-refractivity contribution in [1.29, 1.82) is 0 Å². The average molecular weight is 363 g/mol. The van der Waals surface area contributed by atoms with E-state index in [1.807, 2.05) is 0 Å². The van der Waals surface area contributed by atoms with Gasteiger partial charge >= 0.3 is 0 Å². The molecule has 2 aromatic rings. The number of rotatable bonds is 3. The highest BCUT2D eigenvalue weighted by atomic mass is 79.9. The van der Waals surface area contributed by atoms with Gasteiger partial charge in [-0.3, -0.25) is 0 Å². The summed E-state index contributed by atoms with van der Waals surface area (Å²) >= 11 is 9.25. The second kappa shape index (κ2) is 6.08. The molecule has 0 saturated heterocycles. The lowest BCUT2D eigenvalue weighted by Crippen LogP contribution is -2.16. The molecule has 0 aliphatic heterocycles. The van der Waals surface area contributed by atoms with E-state index in [1.165, 1.54) is 19.2 Å². The van der Waals surface area contributed by atoms with Gasteiger partial charge in [-0.25, -0.2) is 8.78 Å². The van der Waals surface area contributed by atoms with Crippen LogP contribution >= 0.6 is 27.5 Å². The maximum atomic E-state index is 13.8. The molecular formula is C14H11BrClF2NO. The van der Waals surface area contributed by atoms with Crippen LogP contribution in [0.2, 0.25) is 5.02 Å². The summed E-state index contributed by atoms with van der Waals surface area (Å²) in [5, 5.41) is 0.389. The topological polar surface area (TPSA) is 35.2 Å². The smallest absolute Gasteiger partial charge is 0.138 e. The number of ether oxygens (including phenoxy) is 1. The molecule has 1 atom stereocenters. The number of benzene rings is 2. The molecule has 0 spiro atoms. The van der Waals surface area contributed by atoms with E-state index in [9.17, 15) is 8.78 Å². The molecule has 0 heterocycles. The highest BCUT2D eigenvalue weighted by Gasteiger charge is 2.23. The predicted molar refractivity (Wildman–Crippen MR) is 78.1 cm³/mol. The fraction of sp³-hybridized carbons (Fsp3) is 0.143. The standard InChI is InChI=1S/C14H11BrClF2NO/c1-20-14-8(5-7(16)6-9(14)15)13(19)12-10(17)3-2-4-11(12)18/h2-6,13H,19H2,1H3. The van der Waals surface area contributed by atoms with Gasteiger partial charge in [-0.15, -0.1) is 0 Å². The third-order valence-electron chi connectivity index (χ3n) is 2.89. The fourth-order valence-electron chi connectivity index (χ4n) is 1.99. The van der Waals surface area contributed by atoms with Crippen LogP contribution in [0.25, 0.3) is 0 Å². The number of hydrogen-bond donors (Lipinski definition) is 1. The normalized spacial score (nSPS) is 12.3. The first-order valence-corrected chi connectivity index (χ1v) is 6.85. The van der Waals surface area contributed by atoms with Crippen molar-refractivity contribution in [1.82, 2.24) is 0 Å². The van der Waals surface area contributed by atoms with Crippen molar-refractivity contribution in [2.75, 3.05) is 7.11 Å². The van der Waals surface area contributed by atoms with Crippen molar-refractivity contribution in [3.8, 4) is 5.75 Å². The summed E-state index contributed by atoms with van der Waals surface area (Å²) in [6, 6.07) is 5.72. The Morgan fingerprint density at radius 2 is 1.85 bits per heavy atom. The zero-order chi connectivity index (χ0) is 14.9. The SMILES string of the molecule is COc1c(Br)cc(Cl)cc1C(N)c1c(F)cccc1F. The van der Waals surface area contributed by atoms with E-state index in [-0.39, 0.29) is 5.56 Å². The molecule has 1 unspecified atom stereocenters. The number of halogens is 4. The molecule has 20 heavy (non-hydrogen) atoms. The molecule has 0 fully saturated rings. The van der Waals surface area contributed by atoms with Crippen LogP contribution in [0.1, 0.15) is 17.2 Å². The minimum atomic E-state index is -1.03. The lowest BCUT2D eigenvalue weighted by atomic mass is 9.97. The van der Waals surface area contributed by atoms with Crippen LogP contribution in [0.5, 0.6) is 5.75 Å². The monoisotopic (exact) mass is 361 g/mol. The first kappa shape index (κ1) is 15.2. The second-order valence-electron chi connectivity index (χ2n) is 4.12. The van der Waals surface area contributed by atoms with Gasteiger partial charge in [0, 0.05) is 16.1 Å². The molecule has 0 saturated carbocycles. The Balaban J connectivity index is 2.62. The molecule has 0 aliphatic rings. The van der Waals surface area contributed by atoms with Crippen molar-refractivity contribution in [3.05, 3.63) is 62.6 Å². The number of methoxy groups -OCH3 is 1. The Morgan fingerprint density at radius 3 is 2.40 bits per heavy atom. The molecule has 0 amide bonds. The van der Waals surface area contributed by atoms with Gasteiger partial charge in [-0.2, -0.15) is 0 Å². The summed E-state index contributed by atoms with van der Waals surface area (Å²) in [6.45, 7) is 0. The molecule has 2 nitrogen and oxygen atoms in total. The molecule has 0 bridgehead atoms. The van der Waals surface area contributed by atoms with Crippen molar-refractivity contribution < 1.29 is 13.5 Å². The van der Waals surface area contributed by atoms with Crippen molar-refractivity contribution in [3.63, 3.8) is 0 Å². The van der Waals surface area contributed by atoms with Gasteiger partial charge in [0.2, 0.25) is 0 Å². The van der Waals surface area contributed by atoms with E-state index in [1.54, 1.807) is 6.07 Å². The van der Waals surface area contributed by atoms with E-state index in [4.69, 9.17) is 22.1 Å². The predicted octanol–water partition coefficient (Wildman–Crippen LogP) is 4.44.